The van der Waals surface area contributed by atoms with E-state index in [1.807, 2.05) is 0 Å². The van der Waals surface area contributed by atoms with E-state index in [0.29, 0.717) is 5.56 Å². The fraction of sp³-hybridized carbons (Fsp3) is 0.476. The lowest BCUT2D eigenvalue weighted by molar-refractivity contribution is -0.145. The van der Waals surface area contributed by atoms with Gasteiger partial charge in [-0.3, -0.25) is 19.2 Å². The van der Waals surface area contributed by atoms with Crippen molar-refractivity contribution in [3.8, 4) is 0 Å². The summed E-state index contributed by atoms with van der Waals surface area (Å²) in [4.78, 5) is 59.9. The second-order valence-electron chi connectivity index (χ2n) is 7.67. The molecular formula is C21H31N5O8. The van der Waals surface area contributed by atoms with Gasteiger partial charge in [-0.25, -0.2) is 4.79 Å². The van der Waals surface area contributed by atoms with Gasteiger partial charge in [-0.05, 0) is 18.9 Å². The Morgan fingerprint density at radius 2 is 1.50 bits per heavy atom. The van der Waals surface area contributed by atoms with E-state index in [2.05, 4.69) is 16.0 Å². The summed E-state index contributed by atoms with van der Waals surface area (Å²) in [5.41, 5.74) is 11.3. The predicted molar refractivity (Wildman–Crippen MR) is 119 cm³/mol. The van der Waals surface area contributed by atoms with Crippen LogP contribution in [0.15, 0.2) is 30.3 Å². The van der Waals surface area contributed by atoms with Gasteiger partial charge in [0.15, 0.2) is 6.04 Å². The normalized spacial score (nSPS) is 15.2. The zero-order chi connectivity index (χ0) is 25.8. The Morgan fingerprint density at radius 1 is 0.941 bits per heavy atom. The number of primary amides is 1. The monoisotopic (exact) mass is 481 g/mol. The molecule has 13 nitrogen and oxygen atoms in total. The van der Waals surface area contributed by atoms with Crippen molar-refractivity contribution in [1.82, 2.24) is 16.0 Å². The van der Waals surface area contributed by atoms with Crippen LogP contribution in [0.1, 0.15) is 25.3 Å². The van der Waals surface area contributed by atoms with E-state index < -0.39 is 66.5 Å². The number of amides is 4. The van der Waals surface area contributed by atoms with Gasteiger partial charge in [-0.2, -0.15) is 0 Å². The van der Waals surface area contributed by atoms with E-state index in [1.165, 1.54) is 6.92 Å². The van der Waals surface area contributed by atoms with Crippen molar-refractivity contribution in [3.05, 3.63) is 35.9 Å². The van der Waals surface area contributed by atoms with Gasteiger partial charge in [0.05, 0.1) is 18.8 Å². The van der Waals surface area contributed by atoms with Gasteiger partial charge in [0, 0.05) is 12.8 Å². The molecule has 1 rings (SSSR count). The summed E-state index contributed by atoms with van der Waals surface area (Å²) in [5.74, 6) is -4.78. The lowest BCUT2D eigenvalue weighted by Crippen LogP contribution is -2.59. The quantitative estimate of drug-likeness (QED) is 0.133. The van der Waals surface area contributed by atoms with Crippen LogP contribution in [0.4, 0.5) is 0 Å². The molecular weight excluding hydrogens is 450 g/mol. The largest absolute Gasteiger partial charge is 0.480 e. The van der Waals surface area contributed by atoms with Crippen molar-refractivity contribution in [2.45, 2.75) is 56.5 Å². The van der Waals surface area contributed by atoms with Crippen LogP contribution in [0.2, 0.25) is 0 Å². The number of hydrogen-bond acceptors (Lipinski definition) is 8. The highest BCUT2D eigenvalue weighted by Gasteiger charge is 2.31. The maximum Gasteiger partial charge on any atom is 0.328 e. The van der Waals surface area contributed by atoms with Gasteiger partial charge in [0.1, 0.15) is 12.1 Å². The molecule has 0 radical (unpaired) electrons. The number of aliphatic carboxylic acids is 1. The summed E-state index contributed by atoms with van der Waals surface area (Å²) >= 11 is 0. The summed E-state index contributed by atoms with van der Waals surface area (Å²) in [6.45, 7) is 0.355. The van der Waals surface area contributed by atoms with Crippen molar-refractivity contribution in [3.63, 3.8) is 0 Å². The van der Waals surface area contributed by atoms with Crippen molar-refractivity contribution in [2.24, 2.45) is 11.5 Å². The van der Waals surface area contributed by atoms with Crippen LogP contribution in [0, 0.1) is 0 Å². The molecule has 0 aliphatic carbocycles. The summed E-state index contributed by atoms with van der Waals surface area (Å²) in [6, 6.07) is 2.93. The topological polar surface area (TPSA) is 234 Å². The first-order valence-corrected chi connectivity index (χ1v) is 10.5. The van der Waals surface area contributed by atoms with Crippen LogP contribution in [0.25, 0.3) is 0 Å². The molecule has 5 atom stereocenters. The van der Waals surface area contributed by atoms with E-state index >= 15 is 0 Å². The smallest absolute Gasteiger partial charge is 0.328 e. The van der Waals surface area contributed by atoms with E-state index in [0.717, 1.165) is 0 Å². The number of hydrogen-bond donors (Lipinski definition) is 8. The first-order chi connectivity index (χ1) is 16.0. The van der Waals surface area contributed by atoms with E-state index in [4.69, 9.17) is 11.5 Å². The molecule has 188 valence electrons. The average Bonchev–Trinajstić information content (AvgIpc) is 2.78. The Morgan fingerprint density at radius 3 is 2.00 bits per heavy atom. The Bertz CT molecular complexity index is 864. The molecule has 13 heteroatoms. The van der Waals surface area contributed by atoms with Crippen molar-refractivity contribution in [1.29, 1.82) is 0 Å². The molecule has 0 aromatic heterocycles. The first kappa shape index (κ1) is 28.5. The molecule has 0 fully saturated rings. The number of benzene rings is 1. The van der Waals surface area contributed by atoms with Gasteiger partial charge in [0.25, 0.3) is 0 Å². The Kier molecular flexibility index (Phi) is 11.6. The predicted octanol–water partition coefficient (Wildman–Crippen LogP) is -3.27. The van der Waals surface area contributed by atoms with Crippen LogP contribution in [0.5, 0.6) is 0 Å². The minimum atomic E-state index is -1.63. The number of carbonyl (C=O) groups excluding carboxylic acids is 4. The third-order valence-corrected chi connectivity index (χ3v) is 4.82. The summed E-state index contributed by atoms with van der Waals surface area (Å²) in [7, 11) is 0. The highest BCUT2D eigenvalue weighted by Crippen LogP contribution is 2.06. The van der Waals surface area contributed by atoms with Gasteiger partial charge < -0.3 is 42.7 Å². The number of aliphatic hydroxyl groups is 2. The second kappa shape index (κ2) is 13.9. The van der Waals surface area contributed by atoms with Crippen LogP contribution in [0.3, 0.4) is 0 Å². The molecule has 34 heavy (non-hydrogen) atoms. The molecule has 0 bridgehead atoms. The molecule has 0 heterocycles. The van der Waals surface area contributed by atoms with E-state index in [9.17, 15) is 39.3 Å². The van der Waals surface area contributed by atoms with Crippen molar-refractivity contribution >= 4 is 29.6 Å². The van der Waals surface area contributed by atoms with Crippen LogP contribution < -0.4 is 27.4 Å². The summed E-state index contributed by atoms with van der Waals surface area (Å²) in [6.07, 6.45) is -1.69. The first-order valence-electron chi connectivity index (χ1n) is 10.5. The van der Waals surface area contributed by atoms with Gasteiger partial charge >= 0.3 is 5.97 Å². The molecule has 1 aromatic carbocycles. The fourth-order valence-corrected chi connectivity index (χ4v) is 2.88. The summed E-state index contributed by atoms with van der Waals surface area (Å²) in [5, 5.41) is 35.2. The SMILES string of the molecule is CC(O)C(NC(=O)C(Cc1ccccc1)NC(=O)C(CO)NC(=O)C(N)CCC(N)=O)C(=O)O. The lowest BCUT2D eigenvalue weighted by Gasteiger charge is -2.25. The zero-order valence-corrected chi connectivity index (χ0v) is 18.6. The third kappa shape index (κ3) is 9.52. The lowest BCUT2D eigenvalue weighted by atomic mass is 10.0. The van der Waals surface area contributed by atoms with Crippen molar-refractivity contribution < 1.29 is 39.3 Å². The Hall–Kier alpha value is -3.55. The number of carbonyl (C=O) groups is 5. The molecule has 5 unspecified atom stereocenters. The van der Waals surface area contributed by atoms with Crippen LogP contribution >= 0.6 is 0 Å². The molecule has 1 aromatic rings. The van der Waals surface area contributed by atoms with Gasteiger partial charge in [0.2, 0.25) is 23.6 Å². The molecule has 4 amide bonds. The average molecular weight is 482 g/mol. The second-order valence-corrected chi connectivity index (χ2v) is 7.67. The number of rotatable bonds is 14. The number of carboxylic acid groups (broad SMARTS) is 1. The molecule has 0 saturated carbocycles. The van der Waals surface area contributed by atoms with Gasteiger partial charge in [-0.1, -0.05) is 30.3 Å². The van der Waals surface area contributed by atoms with Crippen LogP contribution in [-0.4, -0.2) is 81.8 Å². The highest BCUT2D eigenvalue weighted by atomic mass is 16.4. The Balaban J connectivity index is 2.97. The standard InChI is InChI=1S/C21H31N5O8/c1-11(28)17(21(33)34)26-19(31)14(9-12-5-3-2-4-6-12)24-20(32)15(10-27)25-18(30)13(22)7-8-16(23)29/h2-6,11,13-15,17,27-28H,7-10,22H2,1H3,(H2,23,29)(H,24,32)(H,25,30)(H,26,31)(H,33,34). The molecule has 0 aliphatic heterocycles. The minimum absolute atomic E-state index is 0.0468. The Labute approximate surface area is 195 Å². The van der Waals surface area contributed by atoms with E-state index in [1.54, 1.807) is 30.3 Å². The zero-order valence-electron chi connectivity index (χ0n) is 18.6. The fourth-order valence-electron chi connectivity index (χ4n) is 2.88. The van der Waals surface area contributed by atoms with Crippen LogP contribution in [-0.2, 0) is 30.4 Å². The maximum absolute atomic E-state index is 12.8. The summed E-state index contributed by atoms with van der Waals surface area (Å²) < 4.78 is 0. The molecule has 0 saturated heterocycles. The number of nitrogens with two attached hydrogens (primary N) is 2. The van der Waals surface area contributed by atoms with Crippen molar-refractivity contribution in [2.75, 3.05) is 6.61 Å². The van der Waals surface area contributed by atoms with E-state index in [-0.39, 0.29) is 19.3 Å². The molecule has 0 spiro atoms. The molecule has 0 aliphatic rings. The highest BCUT2D eigenvalue weighted by molar-refractivity contribution is 5.94. The van der Waals surface area contributed by atoms with Gasteiger partial charge in [-0.15, -0.1) is 0 Å². The number of carboxylic acids is 1. The maximum atomic E-state index is 12.8. The third-order valence-electron chi connectivity index (χ3n) is 4.82. The molecule has 10 N–H and O–H groups in total. The number of aliphatic hydroxyl groups excluding tert-OH is 2. The number of nitrogens with one attached hydrogen (secondary N) is 3. The minimum Gasteiger partial charge on any atom is -0.480 e.